The quantitative estimate of drug-likeness (QED) is 0.719. The van der Waals surface area contributed by atoms with Crippen LogP contribution >= 0.6 is 23.2 Å². The number of amides is 2. The highest BCUT2D eigenvalue weighted by Crippen LogP contribution is 2.31. The summed E-state index contributed by atoms with van der Waals surface area (Å²) in [5.41, 5.74) is 2.30. The molecule has 2 aliphatic heterocycles. The van der Waals surface area contributed by atoms with Crippen molar-refractivity contribution >= 4 is 46.4 Å². The topological polar surface area (TPSA) is 55.9 Å². The lowest BCUT2D eigenvalue weighted by Gasteiger charge is -2.36. The molecule has 4 rings (SSSR count). The second kappa shape index (κ2) is 10.1. The first kappa shape index (κ1) is 22.9. The van der Waals surface area contributed by atoms with Crippen LogP contribution in [0.3, 0.4) is 0 Å². The van der Waals surface area contributed by atoms with Gasteiger partial charge in [0.15, 0.2) is 0 Å². The molecule has 32 heavy (non-hydrogen) atoms. The number of likely N-dealkylation sites (tertiary alicyclic amines) is 1. The smallest absolute Gasteiger partial charge is 0.253 e. The van der Waals surface area contributed by atoms with Crippen molar-refractivity contribution < 1.29 is 9.59 Å². The van der Waals surface area contributed by atoms with E-state index >= 15 is 0 Å². The molecule has 8 heteroatoms. The normalized spacial score (nSPS) is 19.7. The van der Waals surface area contributed by atoms with E-state index in [1.54, 1.807) is 29.2 Å². The number of hydrogen-bond acceptors (Lipinski definition) is 4. The Morgan fingerprint density at radius 3 is 2.34 bits per heavy atom. The first-order chi connectivity index (χ1) is 15.4. The van der Waals surface area contributed by atoms with Gasteiger partial charge in [0, 0.05) is 54.9 Å². The molecule has 170 valence electrons. The minimum atomic E-state index is -0.265. The van der Waals surface area contributed by atoms with Crippen LogP contribution in [0.2, 0.25) is 10.0 Å². The van der Waals surface area contributed by atoms with Crippen molar-refractivity contribution in [3.05, 3.63) is 58.1 Å². The number of rotatable bonds is 4. The third-order valence-corrected chi connectivity index (χ3v) is 6.72. The molecule has 0 radical (unpaired) electrons. The summed E-state index contributed by atoms with van der Waals surface area (Å²) in [6.07, 6.45) is 1.54. The minimum Gasteiger partial charge on any atom is -0.367 e. The third kappa shape index (κ3) is 5.37. The van der Waals surface area contributed by atoms with Gasteiger partial charge in [0.2, 0.25) is 5.91 Å². The van der Waals surface area contributed by atoms with Crippen LogP contribution in [0, 0.1) is 5.92 Å². The fraction of sp³-hybridized carbons (Fsp3) is 0.417. The molecule has 2 aromatic rings. The summed E-state index contributed by atoms with van der Waals surface area (Å²) >= 11 is 12.2. The number of nitrogens with zero attached hydrogens (tertiary/aromatic N) is 3. The number of piperidine rings is 1. The maximum atomic E-state index is 13.2. The van der Waals surface area contributed by atoms with Crippen molar-refractivity contribution in [3.8, 4) is 0 Å². The van der Waals surface area contributed by atoms with Crippen LogP contribution in [0.5, 0.6) is 0 Å². The molecule has 1 atom stereocenters. The molecule has 2 fully saturated rings. The van der Waals surface area contributed by atoms with Crippen molar-refractivity contribution in [2.45, 2.75) is 12.8 Å². The Hall–Kier alpha value is -2.28. The molecule has 0 saturated carbocycles. The van der Waals surface area contributed by atoms with E-state index in [4.69, 9.17) is 23.2 Å². The van der Waals surface area contributed by atoms with E-state index in [1.165, 1.54) is 0 Å². The summed E-state index contributed by atoms with van der Waals surface area (Å²) < 4.78 is 0. The first-order valence-electron chi connectivity index (χ1n) is 11.0. The SMILES string of the molecule is CN1CCN(c2ccc(Cl)cc2NC(=O)C2CCCN(C(=O)c3ccc(Cl)cc3)C2)CC1. The Morgan fingerprint density at radius 1 is 0.938 bits per heavy atom. The van der Waals surface area contributed by atoms with Crippen LogP contribution in [-0.2, 0) is 4.79 Å². The van der Waals surface area contributed by atoms with E-state index in [1.807, 2.05) is 18.2 Å². The number of piperazine rings is 1. The summed E-state index contributed by atoms with van der Waals surface area (Å²) in [5.74, 6) is -0.407. The lowest BCUT2D eigenvalue weighted by Crippen LogP contribution is -2.45. The molecule has 2 heterocycles. The molecule has 0 bridgehead atoms. The minimum absolute atomic E-state index is 0.0694. The van der Waals surface area contributed by atoms with Gasteiger partial charge in [-0.05, 0) is 62.4 Å². The molecule has 0 aromatic heterocycles. The number of likely N-dealkylation sites (N-methyl/N-ethyl adjacent to an activating group) is 1. The summed E-state index contributed by atoms with van der Waals surface area (Å²) in [7, 11) is 2.11. The third-order valence-electron chi connectivity index (χ3n) is 6.23. The summed E-state index contributed by atoms with van der Waals surface area (Å²) in [4.78, 5) is 32.4. The van der Waals surface area contributed by atoms with Gasteiger partial charge in [-0.1, -0.05) is 23.2 Å². The highest BCUT2D eigenvalue weighted by atomic mass is 35.5. The van der Waals surface area contributed by atoms with Crippen LogP contribution in [-0.4, -0.2) is 67.9 Å². The van der Waals surface area contributed by atoms with E-state index < -0.39 is 0 Å². The summed E-state index contributed by atoms with van der Waals surface area (Å²) in [5, 5.41) is 4.28. The van der Waals surface area contributed by atoms with E-state index in [0.29, 0.717) is 28.7 Å². The monoisotopic (exact) mass is 474 g/mol. The van der Waals surface area contributed by atoms with Gasteiger partial charge in [-0.25, -0.2) is 0 Å². The van der Waals surface area contributed by atoms with Gasteiger partial charge >= 0.3 is 0 Å². The highest BCUT2D eigenvalue weighted by molar-refractivity contribution is 6.31. The van der Waals surface area contributed by atoms with Gasteiger partial charge in [0.05, 0.1) is 17.3 Å². The molecule has 0 spiro atoms. The lowest BCUT2D eigenvalue weighted by atomic mass is 9.96. The number of benzene rings is 2. The standard InChI is InChI=1S/C24H28Cl2N4O2/c1-28-11-13-29(14-12-28)22-9-8-20(26)15-21(22)27-23(31)18-3-2-10-30(16-18)24(32)17-4-6-19(25)7-5-17/h4-9,15,18H,2-3,10-14,16H2,1H3,(H,27,31). The van der Waals surface area contributed by atoms with Crippen LogP contribution in [0.1, 0.15) is 23.2 Å². The predicted octanol–water partition coefficient (Wildman–Crippen LogP) is 4.24. The van der Waals surface area contributed by atoms with E-state index in [0.717, 1.165) is 50.4 Å². The zero-order chi connectivity index (χ0) is 22.7. The average molecular weight is 475 g/mol. The Kier molecular flexibility index (Phi) is 7.23. The Labute approximate surface area is 199 Å². The molecular formula is C24H28Cl2N4O2. The van der Waals surface area contributed by atoms with Crippen LogP contribution in [0.4, 0.5) is 11.4 Å². The molecule has 2 saturated heterocycles. The second-order valence-corrected chi connectivity index (χ2v) is 9.41. The molecular weight excluding hydrogens is 447 g/mol. The molecule has 6 nitrogen and oxygen atoms in total. The van der Waals surface area contributed by atoms with Crippen molar-refractivity contribution in [2.75, 3.05) is 56.5 Å². The molecule has 0 aliphatic carbocycles. The number of anilines is 2. The van der Waals surface area contributed by atoms with E-state index in [-0.39, 0.29) is 17.7 Å². The fourth-order valence-electron chi connectivity index (χ4n) is 4.32. The molecule has 2 amide bonds. The Balaban J connectivity index is 1.45. The van der Waals surface area contributed by atoms with Gasteiger partial charge in [0.25, 0.3) is 5.91 Å². The lowest BCUT2D eigenvalue weighted by molar-refractivity contribution is -0.121. The van der Waals surface area contributed by atoms with Crippen molar-refractivity contribution in [3.63, 3.8) is 0 Å². The van der Waals surface area contributed by atoms with Crippen molar-refractivity contribution in [1.82, 2.24) is 9.80 Å². The Morgan fingerprint density at radius 2 is 1.62 bits per heavy atom. The van der Waals surface area contributed by atoms with E-state index in [2.05, 4.69) is 22.2 Å². The number of nitrogens with one attached hydrogen (secondary N) is 1. The van der Waals surface area contributed by atoms with Gasteiger partial charge < -0.3 is 20.0 Å². The van der Waals surface area contributed by atoms with Crippen molar-refractivity contribution in [2.24, 2.45) is 5.92 Å². The van der Waals surface area contributed by atoms with Crippen LogP contribution in [0.25, 0.3) is 0 Å². The van der Waals surface area contributed by atoms with Gasteiger partial charge in [0.1, 0.15) is 0 Å². The second-order valence-electron chi connectivity index (χ2n) is 8.54. The van der Waals surface area contributed by atoms with E-state index in [9.17, 15) is 9.59 Å². The predicted molar refractivity (Wildman–Crippen MR) is 130 cm³/mol. The molecule has 1 unspecified atom stereocenters. The fourth-order valence-corrected chi connectivity index (χ4v) is 4.62. The number of carbonyl (C=O) groups excluding carboxylic acids is 2. The molecule has 1 N–H and O–H groups in total. The first-order valence-corrected chi connectivity index (χ1v) is 11.7. The van der Waals surface area contributed by atoms with Gasteiger partial charge in [-0.15, -0.1) is 0 Å². The largest absolute Gasteiger partial charge is 0.367 e. The summed E-state index contributed by atoms with van der Waals surface area (Å²) in [6, 6.07) is 12.5. The highest BCUT2D eigenvalue weighted by Gasteiger charge is 2.30. The van der Waals surface area contributed by atoms with Crippen molar-refractivity contribution in [1.29, 1.82) is 0 Å². The maximum absolute atomic E-state index is 13.2. The summed E-state index contributed by atoms with van der Waals surface area (Å²) in [6.45, 7) is 4.79. The molecule has 2 aromatic carbocycles. The number of hydrogen-bond donors (Lipinski definition) is 1. The number of halogens is 2. The average Bonchev–Trinajstić information content (AvgIpc) is 2.80. The Bertz CT molecular complexity index is 974. The van der Waals surface area contributed by atoms with Crippen LogP contribution < -0.4 is 10.2 Å². The number of carbonyl (C=O) groups is 2. The molecule has 2 aliphatic rings. The van der Waals surface area contributed by atoms with Crippen LogP contribution in [0.15, 0.2) is 42.5 Å². The van der Waals surface area contributed by atoms with Gasteiger partial charge in [-0.2, -0.15) is 0 Å². The zero-order valence-corrected chi connectivity index (χ0v) is 19.7. The maximum Gasteiger partial charge on any atom is 0.253 e. The van der Waals surface area contributed by atoms with Gasteiger partial charge in [-0.3, -0.25) is 9.59 Å². The zero-order valence-electron chi connectivity index (χ0n) is 18.2.